The maximum absolute atomic E-state index is 13.9. The highest BCUT2D eigenvalue weighted by molar-refractivity contribution is 7.98. The molecule has 3 aromatic rings. The average molecular weight is 555 g/mol. The summed E-state index contributed by atoms with van der Waals surface area (Å²) in [6.07, 6.45) is 3.44. The minimum Gasteiger partial charge on any atom is -0.493 e. The molecule has 0 unspecified atom stereocenters. The molecule has 2 heterocycles. The maximum atomic E-state index is 13.9. The molecule has 0 spiro atoms. The molecule has 0 radical (unpaired) electrons. The topological polar surface area (TPSA) is 88.4 Å². The SMILES string of the molecule is COc1cc(/C=c2\sc3n(c2=O)[C@H](c2ccc(SC)cc2)C(C(=O)OC(C)C)=C(C)N=3)cc(OC)c1OC. The summed E-state index contributed by atoms with van der Waals surface area (Å²) < 4.78 is 23.9. The molecule has 0 amide bonds. The van der Waals surface area contributed by atoms with E-state index in [1.165, 1.54) is 32.7 Å². The lowest BCUT2D eigenvalue weighted by Crippen LogP contribution is -2.40. The Morgan fingerprint density at radius 2 is 1.71 bits per heavy atom. The van der Waals surface area contributed by atoms with Crippen LogP contribution in [0.25, 0.3) is 6.08 Å². The van der Waals surface area contributed by atoms with Crippen molar-refractivity contribution in [2.24, 2.45) is 4.99 Å². The number of allylic oxidation sites excluding steroid dienone is 1. The zero-order valence-electron chi connectivity index (χ0n) is 22.4. The second-order valence-corrected chi connectivity index (χ2v) is 10.7. The number of hydrogen-bond donors (Lipinski definition) is 0. The standard InChI is InChI=1S/C28H30N2O6S2/c1-15(2)36-27(32)23-16(3)29-28-30(24(23)18-8-10-19(37-7)11-9-18)26(31)22(38-28)14-17-12-20(33-4)25(35-6)21(13-17)34-5/h8-15,24H,1-7H3/b22-14-/t24-/m1/s1. The number of carbonyl (C=O) groups excluding carboxylic acids is 1. The molecule has 1 aliphatic heterocycles. The number of benzene rings is 2. The number of thioether (sulfide) groups is 1. The van der Waals surface area contributed by atoms with Crippen LogP contribution in [0.5, 0.6) is 17.2 Å². The van der Waals surface area contributed by atoms with Gasteiger partial charge in [0.1, 0.15) is 0 Å². The number of methoxy groups -OCH3 is 3. The van der Waals surface area contributed by atoms with Crippen molar-refractivity contribution < 1.29 is 23.7 Å². The van der Waals surface area contributed by atoms with Gasteiger partial charge in [0.05, 0.1) is 49.3 Å². The third-order valence-corrected chi connectivity index (χ3v) is 7.73. The number of esters is 1. The second kappa shape index (κ2) is 11.5. The van der Waals surface area contributed by atoms with Gasteiger partial charge in [-0.25, -0.2) is 9.79 Å². The van der Waals surface area contributed by atoms with E-state index in [9.17, 15) is 9.59 Å². The fourth-order valence-electron chi connectivity index (χ4n) is 4.30. The number of aromatic nitrogens is 1. The van der Waals surface area contributed by atoms with Crippen LogP contribution < -0.4 is 29.1 Å². The molecule has 0 bridgehead atoms. The van der Waals surface area contributed by atoms with Crippen LogP contribution in [0.2, 0.25) is 0 Å². The van der Waals surface area contributed by atoms with Crippen molar-refractivity contribution in [1.29, 1.82) is 0 Å². The Kier molecular flexibility index (Phi) is 8.32. The lowest BCUT2D eigenvalue weighted by molar-refractivity contribution is -0.143. The van der Waals surface area contributed by atoms with E-state index in [-0.39, 0.29) is 11.7 Å². The Morgan fingerprint density at radius 3 is 2.24 bits per heavy atom. The Bertz CT molecular complexity index is 1540. The molecule has 10 heteroatoms. The van der Waals surface area contributed by atoms with E-state index in [4.69, 9.17) is 18.9 Å². The summed E-state index contributed by atoms with van der Waals surface area (Å²) in [6.45, 7) is 5.36. The van der Waals surface area contributed by atoms with Gasteiger partial charge in [-0.1, -0.05) is 23.5 Å². The molecular formula is C28H30N2O6S2. The van der Waals surface area contributed by atoms with Crippen molar-refractivity contribution in [2.45, 2.75) is 37.8 Å². The highest BCUT2D eigenvalue weighted by Gasteiger charge is 2.33. The molecule has 0 saturated heterocycles. The summed E-state index contributed by atoms with van der Waals surface area (Å²) in [4.78, 5) is 33.3. The molecular weight excluding hydrogens is 524 g/mol. The number of ether oxygens (including phenoxy) is 4. The van der Waals surface area contributed by atoms with Crippen LogP contribution in [-0.2, 0) is 9.53 Å². The summed E-state index contributed by atoms with van der Waals surface area (Å²) in [5.74, 6) is 0.935. The van der Waals surface area contributed by atoms with Crippen molar-refractivity contribution in [1.82, 2.24) is 4.57 Å². The van der Waals surface area contributed by atoms with Gasteiger partial charge in [0, 0.05) is 4.90 Å². The Morgan fingerprint density at radius 1 is 1.08 bits per heavy atom. The van der Waals surface area contributed by atoms with Crippen LogP contribution >= 0.6 is 23.1 Å². The van der Waals surface area contributed by atoms with Crippen LogP contribution in [-0.4, -0.2) is 44.2 Å². The van der Waals surface area contributed by atoms with Crippen LogP contribution in [0, 0.1) is 0 Å². The zero-order chi connectivity index (χ0) is 27.6. The van der Waals surface area contributed by atoms with Gasteiger partial charge in [0.15, 0.2) is 16.3 Å². The van der Waals surface area contributed by atoms with Gasteiger partial charge in [-0.2, -0.15) is 0 Å². The predicted molar refractivity (Wildman–Crippen MR) is 149 cm³/mol. The summed E-state index contributed by atoms with van der Waals surface area (Å²) in [5, 5.41) is 0. The van der Waals surface area contributed by atoms with Crippen molar-refractivity contribution in [3.05, 3.63) is 78.5 Å². The fraction of sp³-hybridized carbons (Fsp3) is 0.321. The van der Waals surface area contributed by atoms with Gasteiger partial charge in [-0.3, -0.25) is 9.36 Å². The Balaban J connectivity index is 1.93. The van der Waals surface area contributed by atoms with Crippen LogP contribution in [0.3, 0.4) is 0 Å². The monoisotopic (exact) mass is 554 g/mol. The highest BCUT2D eigenvalue weighted by Crippen LogP contribution is 2.38. The molecule has 1 aliphatic rings. The summed E-state index contributed by atoms with van der Waals surface area (Å²) in [5.41, 5.74) is 2.11. The van der Waals surface area contributed by atoms with E-state index in [2.05, 4.69) is 4.99 Å². The first-order valence-electron chi connectivity index (χ1n) is 11.9. The molecule has 0 saturated carbocycles. The van der Waals surface area contributed by atoms with Crippen LogP contribution in [0.4, 0.5) is 0 Å². The van der Waals surface area contributed by atoms with Gasteiger partial charge in [-0.15, -0.1) is 11.8 Å². The van der Waals surface area contributed by atoms with Gasteiger partial charge >= 0.3 is 5.97 Å². The predicted octanol–water partition coefficient (Wildman–Crippen LogP) is 3.93. The van der Waals surface area contributed by atoms with E-state index in [0.29, 0.717) is 43.4 Å². The first-order valence-corrected chi connectivity index (χ1v) is 13.9. The third kappa shape index (κ3) is 5.23. The lowest BCUT2D eigenvalue weighted by atomic mass is 9.96. The van der Waals surface area contributed by atoms with Crippen LogP contribution in [0.15, 0.2) is 62.4 Å². The largest absolute Gasteiger partial charge is 0.493 e. The van der Waals surface area contributed by atoms with Crippen molar-refractivity contribution in [2.75, 3.05) is 27.6 Å². The van der Waals surface area contributed by atoms with Crippen molar-refractivity contribution in [3.8, 4) is 17.2 Å². The first kappa shape index (κ1) is 27.5. The lowest BCUT2D eigenvalue weighted by Gasteiger charge is -2.25. The number of thiazole rings is 1. The van der Waals surface area contributed by atoms with Crippen molar-refractivity contribution >= 4 is 35.1 Å². The highest BCUT2D eigenvalue weighted by atomic mass is 32.2. The molecule has 0 fully saturated rings. The average Bonchev–Trinajstić information content (AvgIpc) is 3.20. The van der Waals surface area contributed by atoms with Gasteiger partial charge in [0.25, 0.3) is 5.56 Å². The molecule has 200 valence electrons. The smallest absolute Gasteiger partial charge is 0.338 e. The minimum atomic E-state index is -0.671. The Labute approximate surface area is 229 Å². The zero-order valence-corrected chi connectivity index (χ0v) is 24.0. The number of rotatable bonds is 8. The van der Waals surface area contributed by atoms with E-state index in [1.54, 1.807) is 55.3 Å². The van der Waals surface area contributed by atoms with E-state index in [0.717, 1.165) is 10.5 Å². The number of carbonyl (C=O) groups is 1. The van der Waals surface area contributed by atoms with Gasteiger partial charge in [0.2, 0.25) is 5.75 Å². The molecule has 38 heavy (non-hydrogen) atoms. The maximum Gasteiger partial charge on any atom is 0.338 e. The molecule has 4 rings (SSSR count). The molecule has 0 aliphatic carbocycles. The third-order valence-electron chi connectivity index (χ3n) is 6.00. The van der Waals surface area contributed by atoms with E-state index in [1.807, 2.05) is 30.5 Å². The summed E-state index contributed by atoms with van der Waals surface area (Å²) >= 11 is 2.88. The molecule has 1 aromatic heterocycles. The van der Waals surface area contributed by atoms with Crippen molar-refractivity contribution in [3.63, 3.8) is 0 Å². The van der Waals surface area contributed by atoms with Crippen LogP contribution in [0.1, 0.15) is 37.9 Å². The van der Waals surface area contributed by atoms with E-state index < -0.39 is 12.0 Å². The number of hydrogen-bond acceptors (Lipinski definition) is 9. The number of fused-ring (bicyclic) bond motifs is 1. The Hall–Kier alpha value is -3.50. The van der Waals surface area contributed by atoms with Gasteiger partial charge < -0.3 is 18.9 Å². The van der Waals surface area contributed by atoms with Gasteiger partial charge in [-0.05, 0) is 68.5 Å². The quantitative estimate of drug-likeness (QED) is 0.308. The second-order valence-electron chi connectivity index (χ2n) is 8.77. The molecule has 8 nitrogen and oxygen atoms in total. The van der Waals surface area contributed by atoms with E-state index >= 15 is 0 Å². The molecule has 2 aromatic carbocycles. The summed E-state index contributed by atoms with van der Waals surface area (Å²) in [7, 11) is 4.61. The summed E-state index contributed by atoms with van der Waals surface area (Å²) in [6, 6.07) is 10.7. The molecule has 1 atom stereocenters. The fourth-order valence-corrected chi connectivity index (χ4v) is 5.75. The normalized spacial score (nSPS) is 15.3. The minimum absolute atomic E-state index is 0.260. The first-order chi connectivity index (χ1) is 18.2. The molecule has 0 N–H and O–H groups in total. The number of nitrogens with zero attached hydrogens (tertiary/aromatic N) is 2.